The van der Waals surface area contributed by atoms with Crippen molar-refractivity contribution in [3.8, 4) is 0 Å². The summed E-state index contributed by atoms with van der Waals surface area (Å²) < 4.78 is 36.5. The quantitative estimate of drug-likeness (QED) is 0.639. The highest BCUT2D eigenvalue weighted by atomic mass is 35.5. The molecule has 1 aromatic carbocycles. The van der Waals surface area contributed by atoms with Crippen LogP contribution in [0.3, 0.4) is 0 Å². The summed E-state index contributed by atoms with van der Waals surface area (Å²) in [6, 6.07) is 5.87. The average Bonchev–Trinajstić information content (AvgIpc) is 2.14. The molecule has 1 atom stereocenters. The Morgan fingerprint density at radius 3 is 2.56 bits per heavy atom. The van der Waals surface area contributed by atoms with Crippen molar-refractivity contribution in [2.75, 3.05) is 0 Å². The third-order valence-electron chi connectivity index (χ3n) is 2.08. The van der Waals surface area contributed by atoms with Crippen LogP contribution in [0.15, 0.2) is 24.3 Å². The molecule has 0 aliphatic carbocycles. The Kier molecular flexibility index (Phi) is 4.58. The third-order valence-corrected chi connectivity index (χ3v) is 2.32. The van der Waals surface area contributed by atoms with Crippen LogP contribution in [0.4, 0.5) is 13.2 Å². The second-order valence-electron chi connectivity index (χ2n) is 3.52. The van der Waals surface area contributed by atoms with Crippen LogP contribution >= 0.6 is 11.6 Å². The molecule has 3 N–H and O–H groups in total. The fourth-order valence-electron chi connectivity index (χ4n) is 1.42. The topological polar surface area (TPSA) is 38.0 Å². The molecule has 90 valence electrons. The summed E-state index contributed by atoms with van der Waals surface area (Å²) in [7, 11) is 0. The van der Waals surface area contributed by atoms with Gasteiger partial charge in [-0.1, -0.05) is 23.7 Å². The molecule has 0 bridgehead atoms. The van der Waals surface area contributed by atoms with Crippen LogP contribution in [0.1, 0.15) is 12.0 Å². The standard InChI is InChI=1S/C10H12ClF3N2/c11-8-3-1-2-7(4-8)5-9(16-15)6-10(12,13)14/h1-4,9,16H,5-6,15H2. The maximum absolute atomic E-state index is 12.2. The molecule has 0 saturated carbocycles. The molecular formula is C10H12ClF3N2. The highest BCUT2D eigenvalue weighted by molar-refractivity contribution is 6.30. The minimum atomic E-state index is -4.23. The molecule has 0 saturated heterocycles. The summed E-state index contributed by atoms with van der Waals surface area (Å²) in [6.07, 6.45) is -5.00. The number of alkyl halides is 3. The highest BCUT2D eigenvalue weighted by Crippen LogP contribution is 2.23. The second-order valence-corrected chi connectivity index (χ2v) is 3.95. The van der Waals surface area contributed by atoms with Crippen LogP contribution in [0.5, 0.6) is 0 Å². The van der Waals surface area contributed by atoms with Crippen molar-refractivity contribution in [2.45, 2.75) is 25.1 Å². The molecule has 0 aliphatic heterocycles. The van der Waals surface area contributed by atoms with Crippen LogP contribution in [0.2, 0.25) is 5.02 Å². The Morgan fingerprint density at radius 2 is 2.06 bits per heavy atom. The first-order valence-electron chi connectivity index (χ1n) is 4.68. The molecule has 6 heteroatoms. The van der Waals surface area contributed by atoms with E-state index in [9.17, 15) is 13.2 Å². The van der Waals surface area contributed by atoms with E-state index in [0.29, 0.717) is 5.02 Å². The van der Waals surface area contributed by atoms with Gasteiger partial charge in [-0.2, -0.15) is 13.2 Å². The lowest BCUT2D eigenvalue weighted by Gasteiger charge is -2.17. The number of nitrogens with one attached hydrogen (secondary N) is 1. The molecule has 0 aromatic heterocycles. The molecule has 1 rings (SSSR count). The van der Waals surface area contributed by atoms with E-state index in [4.69, 9.17) is 17.4 Å². The number of hydrogen-bond donors (Lipinski definition) is 2. The number of hydrazine groups is 1. The predicted molar refractivity (Wildman–Crippen MR) is 56.9 cm³/mol. The normalized spacial score (nSPS) is 13.8. The van der Waals surface area contributed by atoms with E-state index in [1.807, 2.05) is 0 Å². The molecule has 0 spiro atoms. The lowest BCUT2D eigenvalue weighted by Crippen LogP contribution is -2.40. The summed E-state index contributed by atoms with van der Waals surface area (Å²) >= 11 is 5.73. The maximum Gasteiger partial charge on any atom is 0.390 e. The zero-order chi connectivity index (χ0) is 12.2. The highest BCUT2D eigenvalue weighted by Gasteiger charge is 2.31. The van der Waals surface area contributed by atoms with E-state index in [-0.39, 0.29) is 6.42 Å². The summed E-state index contributed by atoms with van der Waals surface area (Å²) in [5.74, 6) is 5.08. The van der Waals surface area contributed by atoms with Gasteiger partial charge in [0.2, 0.25) is 0 Å². The van der Waals surface area contributed by atoms with Crippen LogP contribution in [0.25, 0.3) is 0 Å². The Balaban J connectivity index is 2.63. The predicted octanol–water partition coefficient (Wildman–Crippen LogP) is 2.67. The Hall–Kier alpha value is -0.780. The van der Waals surface area contributed by atoms with Gasteiger partial charge >= 0.3 is 6.18 Å². The van der Waals surface area contributed by atoms with Gasteiger partial charge in [0, 0.05) is 11.1 Å². The van der Waals surface area contributed by atoms with Gasteiger partial charge in [0.05, 0.1) is 6.42 Å². The largest absolute Gasteiger partial charge is 0.390 e. The first-order chi connectivity index (χ1) is 7.40. The number of rotatable bonds is 4. The van der Waals surface area contributed by atoms with Gasteiger partial charge in [-0.05, 0) is 24.1 Å². The molecule has 0 fully saturated rings. The van der Waals surface area contributed by atoms with Crippen molar-refractivity contribution in [1.82, 2.24) is 5.43 Å². The summed E-state index contributed by atoms with van der Waals surface area (Å²) in [5, 5.41) is 0.500. The fourth-order valence-corrected chi connectivity index (χ4v) is 1.63. The van der Waals surface area contributed by atoms with E-state index in [1.165, 1.54) is 0 Å². The first-order valence-corrected chi connectivity index (χ1v) is 5.06. The molecular weight excluding hydrogens is 241 g/mol. The van der Waals surface area contributed by atoms with Crippen molar-refractivity contribution < 1.29 is 13.2 Å². The number of benzene rings is 1. The minimum absolute atomic E-state index is 0.191. The molecule has 0 radical (unpaired) electrons. The molecule has 16 heavy (non-hydrogen) atoms. The van der Waals surface area contributed by atoms with E-state index in [0.717, 1.165) is 5.56 Å². The van der Waals surface area contributed by atoms with Crippen molar-refractivity contribution in [2.24, 2.45) is 5.84 Å². The smallest absolute Gasteiger partial charge is 0.271 e. The molecule has 1 unspecified atom stereocenters. The van der Waals surface area contributed by atoms with E-state index >= 15 is 0 Å². The minimum Gasteiger partial charge on any atom is -0.271 e. The molecule has 0 aliphatic rings. The van der Waals surface area contributed by atoms with E-state index < -0.39 is 18.6 Å². The van der Waals surface area contributed by atoms with Crippen LogP contribution < -0.4 is 11.3 Å². The van der Waals surface area contributed by atoms with Crippen molar-refractivity contribution in [3.05, 3.63) is 34.9 Å². The Bertz CT molecular complexity index is 341. The van der Waals surface area contributed by atoms with Crippen molar-refractivity contribution in [3.63, 3.8) is 0 Å². The SMILES string of the molecule is NNC(Cc1cccc(Cl)c1)CC(F)(F)F. The van der Waals surface area contributed by atoms with E-state index in [1.54, 1.807) is 24.3 Å². The number of halogens is 4. The van der Waals surface area contributed by atoms with Gasteiger partial charge in [0.25, 0.3) is 0 Å². The van der Waals surface area contributed by atoms with Gasteiger partial charge in [-0.3, -0.25) is 11.3 Å². The zero-order valence-electron chi connectivity index (χ0n) is 8.39. The van der Waals surface area contributed by atoms with Gasteiger partial charge in [0.1, 0.15) is 0 Å². The van der Waals surface area contributed by atoms with Gasteiger partial charge < -0.3 is 0 Å². The number of hydrogen-bond acceptors (Lipinski definition) is 2. The molecule has 1 aromatic rings. The summed E-state index contributed by atoms with van der Waals surface area (Å²) in [6.45, 7) is 0. The van der Waals surface area contributed by atoms with Crippen LogP contribution in [-0.4, -0.2) is 12.2 Å². The number of nitrogens with two attached hydrogens (primary N) is 1. The van der Waals surface area contributed by atoms with Crippen molar-refractivity contribution in [1.29, 1.82) is 0 Å². The molecule has 0 heterocycles. The lowest BCUT2D eigenvalue weighted by atomic mass is 10.0. The maximum atomic E-state index is 12.2. The second kappa shape index (κ2) is 5.52. The fraction of sp³-hybridized carbons (Fsp3) is 0.400. The Labute approximate surface area is 96.6 Å². The van der Waals surface area contributed by atoms with Crippen LogP contribution in [-0.2, 0) is 6.42 Å². The molecule has 0 amide bonds. The summed E-state index contributed by atoms with van der Waals surface area (Å²) in [4.78, 5) is 0. The lowest BCUT2D eigenvalue weighted by molar-refractivity contribution is -0.140. The van der Waals surface area contributed by atoms with Gasteiger partial charge in [-0.15, -0.1) is 0 Å². The third kappa shape index (κ3) is 4.83. The van der Waals surface area contributed by atoms with Crippen LogP contribution in [0, 0.1) is 0 Å². The molecule has 2 nitrogen and oxygen atoms in total. The Morgan fingerprint density at radius 1 is 1.38 bits per heavy atom. The van der Waals surface area contributed by atoms with Gasteiger partial charge in [0.15, 0.2) is 0 Å². The zero-order valence-corrected chi connectivity index (χ0v) is 9.15. The first kappa shape index (κ1) is 13.3. The van der Waals surface area contributed by atoms with E-state index in [2.05, 4.69) is 5.43 Å². The monoisotopic (exact) mass is 252 g/mol. The van der Waals surface area contributed by atoms with Gasteiger partial charge in [-0.25, -0.2) is 0 Å². The summed E-state index contributed by atoms with van der Waals surface area (Å²) in [5.41, 5.74) is 2.89. The van der Waals surface area contributed by atoms with Crippen molar-refractivity contribution >= 4 is 11.6 Å². The average molecular weight is 253 g/mol.